The van der Waals surface area contributed by atoms with Crippen LogP contribution in [0.3, 0.4) is 0 Å². The molecule has 3 nitrogen and oxygen atoms in total. The fourth-order valence-corrected chi connectivity index (χ4v) is 1.30. The third kappa shape index (κ3) is 3.19. The fraction of sp³-hybridized carbons (Fsp3) is 0.385. The lowest BCUT2D eigenvalue weighted by atomic mass is 9.87. The molecule has 0 aliphatic rings. The van der Waals surface area contributed by atoms with Gasteiger partial charge in [0.05, 0.1) is 5.56 Å². The number of ether oxygens (including phenoxy) is 1. The zero-order valence-electron chi connectivity index (χ0n) is 10.0. The van der Waals surface area contributed by atoms with Crippen molar-refractivity contribution in [2.75, 3.05) is 0 Å². The average Bonchev–Trinajstić information content (AvgIpc) is 2.15. The molecule has 3 heteroatoms. The molecule has 0 aromatic heterocycles. The predicted octanol–water partition coefficient (Wildman–Crippen LogP) is 2.69. The third-order valence-corrected chi connectivity index (χ3v) is 2.22. The molecule has 0 N–H and O–H groups in total. The van der Waals surface area contributed by atoms with Gasteiger partial charge in [0.25, 0.3) is 0 Å². The molecule has 1 aromatic carbocycles. The van der Waals surface area contributed by atoms with E-state index in [4.69, 9.17) is 0 Å². The van der Waals surface area contributed by atoms with E-state index in [9.17, 15) is 9.59 Å². The van der Waals surface area contributed by atoms with Crippen LogP contribution in [0.15, 0.2) is 24.3 Å². The Bertz CT molecular complexity index is 396. The SMILES string of the molecule is CC(=O)OC(=O)c1ccc(C(C)(C)C)cc1. The lowest BCUT2D eigenvalue weighted by Crippen LogP contribution is -2.12. The maximum atomic E-state index is 11.4. The molecular formula is C13H16O3. The van der Waals surface area contributed by atoms with Crippen LogP contribution in [0.4, 0.5) is 0 Å². The number of rotatable bonds is 1. The number of hydrogen-bond acceptors (Lipinski definition) is 3. The van der Waals surface area contributed by atoms with Crippen molar-refractivity contribution in [2.24, 2.45) is 0 Å². The molecule has 0 atom stereocenters. The van der Waals surface area contributed by atoms with Crippen molar-refractivity contribution in [3.63, 3.8) is 0 Å². The van der Waals surface area contributed by atoms with Gasteiger partial charge in [-0.15, -0.1) is 0 Å². The van der Waals surface area contributed by atoms with E-state index in [-0.39, 0.29) is 5.41 Å². The van der Waals surface area contributed by atoms with Gasteiger partial charge < -0.3 is 4.74 Å². The molecule has 86 valence electrons. The Morgan fingerprint density at radius 2 is 1.56 bits per heavy atom. The Hall–Kier alpha value is -1.64. The maximum Gasteiger partial charge on any atom is 0.345 e. The third-order valence-electron chi connectivity index (χ3n) is 2.22. The summed E-state index contributed by atoms with van der Waals surface area (Å²) in [5.74, 6) is -1.20. The molecule has 0 saturated carbocycles. The van der Waals surface area contributed by atoms with Crippen molar-refractivity contribution in [1.29, 1.82) is 0 Å². The summed E-state index contributed by atoms with van der Waals surface area (Å²) in [6.07, 6.45) is 0. The first-order chi connectivity index (χ1) is 7.30. The molecule has 1 aromatic rings. The standard InChI is InChI=1S/C13H16O3/c1-9(14)16-12(15)10-5-7-11(8-6-10)13(2,3)4/h5-8H,1-4H3. The van der Waals surface area contributed by atoms with Crippen molar-refractivity contribution in [3.8, 4) is 0 Å². The minimum atomic E-state index is -0.604. The summed E-state index contributed by atoms with van der Waals surface area (Å²) in [5, 5.41) is 0. The Balaban J connectivity index is 2.87. The van der Waals surface area contributed by atoms with Crippen LogP contribution in [0.1, 0.15) is 43.6 Å². The van der Waals surface area contributed by atoms with Gasteiger partial charge in [-0.25, -0.2) is 4.79 Å². The lowest BCUT2D eigenvalue weighted by Gasteiger charge is -2.18. The van der Waals surface area contributed by atoms with Gasteiger partial charge in [-0.05, 0) is 23.1 Å². The van der Waals surface area contributed by atoms with E-state index >= 15 is 0 Å². The van der Waals surface area contributed by atoms with Gasteiger partial charge in [0.15, 0.2) is 0 Å². The highest BCUT2D eigenvalue weighted by atomic mass is 16.6. The Morgan fingerprint density at radius 3 is 1.94 bits per heavy atom. The van der Waals surface area contributed by atoms with Crippen LogP contribution in [0, 0.1) is 0 Å². The molecule has 0 bridgehead atoms. The Kier molecular flexibility index (Phi) is 3.48. The van der Waals surface area contributed by atoms with Crippen LogP contribution in [-0.4, -0.2) is 11.9 Å². The van der Waals surface area contributed by atoms with Gasteiger partial charge in [-0.3, -0.25) is 4.79 Å². The molecule has 0 spiro atoms. The molecule has 0 aliphatic heterocycles. The van der Waals surface area contributed by atoms with Crippen LogP contribution in [0.25, 0.3) is 0 Å². The van der Waals surface area contributed by atoms with Crippen LogP contribution in [0.5, 0.6) is 0 Å². The average molecular weight is 220 g/mol. The van der Waals surface area contributed by atoms with Crippen LogP contribution in [0.2, 0.25) is 0 Å². The number of esters is 2. The zero-order chi connectivity index (χ0) is 12.3. The fourth-order valence-electron chi connectivity index (χ4n) is 1.30. The smallest absolute Gasteiger partial charge is 0.345 e. The summed E-state index contributed by atoms with van der Waals surface area (Å²) in [6, 6.07) is 7.09. The lowest BCUT2D eigenvalue weighted by molar-refractivity contribution is -0.135. The van der Waals surface area contributed by atoms with E-state index in [1.165, 1.54) is 6.92 Å². The number of hydrogen-bond donors (Lipinski definition) is 0. The molecule has 0 aliphatic carbocycles. The van der Waals surface area contributed by atoms with E-state index < -0.39 is 11.9 Å². The van der Waals surface area contributed by atoms with E-state index in [1.54, 1.807) is 12.1 Å². The minimum absolute atomic E-state index is 0.0447. The molecule has 0 fully saturated rings. The van der Waals surface area contributed by atoms with Gasteiger partial charge >= 0.3 is 11.9 Å². The van der Waals surface area contributed by atoms with Gasteiger partial charge in [0.2, 0.25) is 0 Å². The summed E-state index contributed by atoms with van der Waals surface area (Å²) in [6.45, 7) is 7.49. The first kappa shape index (κ1) is 12.4. The molecule has 0 amide bonds. The number of carbonyl (C=O) groups is 2. The normalized spacial score (nSPS) is 11.0. The first-order valence-corrected chi connectivity index (χ1v) is 5.14. The van der Waals surface area contributed by atoms with Crippen LogP contribution in [-0.2, 0) is 14.9 Å². The van der Waals surface area contributed by atoms with Gasteiger partial charge in [0.1, 0.15) is 0 Å². The largest absolute Gasteiger partial charge is 0.390 e. The molecule has 0 radical (unpaired) electrons. The molecule has 16 heavy (non-hydrogen) atoms. The Morgan fingerprint density at radius 1 is 1.06 bits per heavy atom. The summed E-state index contributed by atoms with van der Waals surface area (Å²) >= 11 is 0. The van der Waals surface area contributed by atoms with Crippen LogP contribution >= 0.6 is 0 Å². The summed E-state index contributed by atoms with van der Waals surface area (Å²) < 4.78 is 4.48. The highest BCUT2D eigenvalue weighted by Crippen LogP contribution is 2.22. The van der Waals surface area contributed by atoms with Crippen molar-refractivity contribution >= 4 is 11.9 Å². The second-order valence-electron chi connectivity index (χ2n) is 4.71. The highest BCUT2D eigenvalue weighted by Gasteiger charge is 2.15. The topological polar surface area (TPSA) is 43.4 Å². The zero-order valence-corrected chi connectivity index (χ0v) is 10.0. The quantitative estimate of drug-likeness (QED) is 0.540. The van der Waals surface area contributed by atoms with Crippen molar-refractivity contribution in [3.05, 3.63) is 35.4 Å². The van der Waals surface area contributed by atoms with E-state index in [2.05, 4.69) is 25.5 Å². The van der Waals surface area contributed by atoms with Crippen molar-refractivity contribution < 1.29 is 14.3 Å². The minimum Gasteiger partial charge on any atom is -0.390 e. The Labute approximate surface area is 95.4 Å². The van der Waals surface area contributed by atoms with Gasteiger partial charge in [-0.1, -0.05) is 32.9 Å². The van der Waals surface area contributed by atoms with Gasteiger partial charge in [0, 0.05) is 6.92 Å². The highest BCUT2D eigenvalue weighted by molar-refractivity contribution is 5.96. The molecule has 0 saturated heterocycles. The maximum absolute atomic E-state index is 11.4. The molecule has 1 rings (SSSR count). The second kappa shape index (κ2) is 4.47. The van der Waals surface area contributed by atoms with E-state index in [1.807, 2.05) is 12.1 Å². The monoisotopic (exact) mass is 220 g/mol. The summed E-state index contributed by atoms with van der Waals surface area (Å²) in [7, 11) is 0. The predicted molar refractivity (Wildman–Crippen MR) is 61.2 cm³/mol. The van der Waals surface area contributed by atoms with E-state index in [0.717, 1.165) is 5.56 Å². The summed E-state index contributed by atoms with van der Waals surface area (Å²) in [5.41, 5.74) is 1.57. The van der Waals surface area contributed by atoms with Crippen molar-refractivity contribution in [2.45, 2.75) is 33.1 Å². The summed E-state index contributed by atoms with van der Waals surface area (Å²) in [4.78, 5) is 22.0. The number of carbonyl (C=O) groups excluding carboxylic acids is 2. The van der Waals surface area contributed by atoms with Crippen LogP contribution < -0.4 is 0 Å². The van der Waals surface area contributed by atoms with E-state index in [0.29, 0.717) is 5.56 Å². The molecule has 0 unspecified atom stereocenters. The number of benzene rings is 1. The van der Waals surface area contributed by atoms with Gasteiger partial charge in [-0.2, -0.15) is 0 Å². The molecule has 0 heterocycles. The van der Waals surface area contributed by atoms with Crippen molar-refractivity contribution in [1.82, 2.24) is 0 Å². The molecular weight excluding hydrogens is 204 g/mol. The second-order valence-corrected chi connectivity index (χ2v) is 4.71. The first-order valence-electron chi connectivity index (χ1n) is 5.14.